The van der Waals surface area contributed by atoms with Crippen LogP contribution < -0.4 is 5.32 Å². The van der Waals surface area contributed by atoms with E-state index in [0.29, 0.717) is 11.7 Å². The summed E-state index contributed by atoms with van der Waals surface area (Å²) in [5.74, 6) is 1.19. The summed E-state index contributed by atoms with van der Waals surface area (Å²) >= 11 is 0. The van der Waals surface area contributed by atoms with Gasteiger partial charge >= 0.3 is 0 Å². The number of hydrogen-bond acceptors (Lipinski definition) is 5. The fourth-order valence-corrected chi connectivity index (χ4v) is 2.42. The highest BCUT2D eigenvalue weighted by molar-refractivity contribution is 5.72. The van der Waals surface area contributed by atoms with Crippen molar-refractivity contribution in [2.45, 2.75) is 24.9 Å². The van der Waals surface area contributed by atoms with Gasteiger partial charge in [-0.1, -0.05) is 17.3 Å². The lowest BCUT2D eigenvalue weighted by Gasteiger charge is -2.37. The van der Waals surface area contributed by atoms with Crippen molar-refractivity contribution in [3.63, 3.8) is 0 Å². The summed E-state index contributed by atoms with van der Waals surface area (Å²) in [6.07, 6.45) is 3.05. The number of methoxy groups -OCH3 is 1. The summed E-state index contributed by atoms with van der Waals surface area (Å²) in [7, 11) is 3.58. The minimum atomic E-state index is -0.337. The molecule has 0 aliphatic heterocycles. The molecule has 5 heteroatoms. The zero-order chi connectivity index (χ0) is 13.3. The van der Waals surface area contributed by atoms with Gasteiger partial charge in [0.25, 0.3) is 5.89 Å². The molecule has 1 heterocycles. The minimum Gasteiger partial charge on any atom is -0.387 e. The van der Waals surface area contributed by atoms with Gasteiger partial charge in [0.15, 0.2) is 0 Å². The zero-order valence-electron chi connectivity index (χ0n) is 11.1. The van der Waals surface area contributed by atoms with Crippen molar-refractivity contribution in [1.82, 2.24) is 10.1 Å². The van der Waals surface area contributed by atoms with Crippen LogP contribution >= 0.6 is 0 Å². The lowest BCUT2D eigenvalue weighted by molar-refractivity contribution is -0.0858. The SMILES string of the molecule is CNc1ccccc1-c1nc(C2(OC)CCC2)no1. The lowest BCUT2D eigenvalue weighted by atomic mass is 9.79. The van der Waals surface area contributed by atoms with Gasteiger partial charge in [-0.15, -0.1) is 0 Å². The second-order valence-corrected chi connectivity index (χ2v) is 4.77. The fourth-order valence-electron chi connectivity index (χ4n) is 2.42. The molecule has 1 aliphatic carbocycles. The molecule has 0 saturated heterocycles. The molecule has 1 N–H and O–H groups in total. The topological polar surface area (TPSA) is 60.2 Å². The van der Waals surface area contributed by atoms with E-state index in [1.54, 1.807) is 7.11 Å². The minimum absolute atomic E-state index is 0.337. The van der Waals surface area contributed by atoms with E-state index in [1.165, 1.54) is 0 Å². The van der Waals surface area contributed by atoms with Crippen molar-refractivity contribution in [3.8, 4) is 11.5 Å². The molecule has 3 rings (SSSR count). The quantitative estimate of drug-likeness (QED) is 0.914. The van der Waals surface area contributed by atoms with Gasteiger partial charge < -0.3 is 14.6 Å². The van der Waals surface area contributed by atoms with Crippen LogP contribution in [0.5, 0.6) is 0 Å². The van der Waals surface area contributed by atoms with Crippen LogP contribution in [-0.2, 0) is 10.3 Å². The summed E-state index contributed by atoms with van der Waals surface area (Å²) in [4.78, 5) is 4.51. The van der Waals surface area contributed by atoms with E-state index in [4.69, 9.17) is 9.26 Å². The van der Waals surface area contributed by atoms with E-state index >= 15 is 0 Å². The smallest absolute Gasteiger partial charge is 0.260 e. The van der Waals surface area contributed by atoms with Gasteiger partial charge in [-0.25, -0.2) is 0 Å². The number of rotatable bonds is 4. The molecule has 2 aromatic rings. The maximum Gasteiger partial charge on any atom is 0.260 e. The highest BCUT2D eigenvalue weighted by atomic mass is 16.5. The Morgan fingerprint density at radius 2 is 2.11 bits per heavy atom. The van der Waals surface area contributed by atoms with E-state index in [9.17, 15) is 0 Å². The Hall–Kier alpha value is -1.88. The monoisotopic (exact) mass is 259 g/mol. The average molecular weight is 259 g/mol. The molecule has 0 atom stereocenters. The number of hydrogen-bond donors (Lipinski definition) is 1. The Balaban J connectivity index is 1.97. The number of ether oxygens (including phenoxy) is 1. The van der Waals surface area contributed by atoms with E-state index in [1.807, 2.05) is 31.3 Å². The van der Waals surface area contributed by atoms with Crippen LogP contribution in [0.4, 0.5) is 5.69 Å². The van der Waals surface area contributed by atoms with Crippen LogP contribution in [0.2, 0.25) is 0 Å². The van der Waals surface area contributed by atoms with Gasteiger partial charge in [0.05, 0.1) is 5.56 Å². The third kappa shape index (κ3) is 1.90. The van der Waals surface area contributed by atoms with Gasteiger partial charge in [0, 0.05) is 19.8 Å². The molecule has 0 spiro atoms. The molecular formula is C14H17N3O2. The molecule has 0 amide bonds. The maximum absolute atomic E-state index is 5.56. The van der Waals surface area contributed by atoms with E-state index in [0.717, 1.165) is 30.5 Å². The molecule has 1 aromatic heterocycles. The third-order valence-electron chi connectivity index (χ3n) is 3.81. The summed E-state index contributed by atoms with van der Waals surface area (Å²) < 4.78 is 11.0. The molecule has 19 heavy (non-hydrogen) atoms. The second-order valence-electron chi connectivity index (χ2n) is 4.77. The molecule has 1 aliphatic rings. The number of anilines is 1. The van der Waals surface area contributed by atoms with Gasteiger partial charge in [0.2, 0.25) is 5.82 Å². The predicted octanol–water partition coefficient (Wildman–Crippen LogP) is 2.80. The van der Waals surface area contributed by atoms with Crippen LogP contribution in [0.25, 0.3) is 11.5 Å². The maximum atomic E-state index is 5.56. The van der Waals surface area contributed by atoms with Crippen LogP contribution in [0.3, 0.4) is 0 Å². The first-order valence-electron chi connectivity index (χ1n) is 6.45. The van der Waals surface area contributed by atoms with Gasteiger partial charge in [-0.3, -0.25) is 0 Å². The zero-order valence-corrected chi connectivity index (χ0v) is 11.1. The highest BCUT2D eigenvalue weighted by Crippen LogP contribution is 2.43. The summed E-state index contributed by atoms with van der Waals surface area (Å²) in [5.41, 5.74) is 1.54. The molecule has 1 fully saturated rings. The number of nitrogens with zero attached hydrogens (tertiary/aromatic N) is 2. The first-order valence-corrected chi connectivity index (χ1v) is 6.45. The van der Waals surface area contributed by atoms with E-state index in [-0.39, 0.29) is 5.60 Å². The van der Waals surface area contributed by atoms with Crippen LogP contribution in [0, 0.1) is 0 Å². The average Bonchev–Trinajstić information content (AvgIpc) is 2.88. The Bertz CT molecular complexity index is 570. The normalized spacial score (nSPS) is 16.9. The standard InChI is InChI=1S/C14H17N3O2/c1-15-11-7-4-3-6-10(11)12-16-13(17-19-12)14(18-2)8-5-9-14/h3-4,6-7,15H,5,8-9H2,1-2H3. The van der Waals surface area contributed by atoms with Crippen LogP contribution in [0.1, 0.15) is 25.1 Å². The molecule has 0 radical (unpaired) electrons. The van der Waals surface area contributed by atoms with Gasteiger partial charge in [-0.05, 0) is 31.4 Å². The highest BCUT2D eigenvalue weighted by Gasteiger charge is 2.43. The fraction of sp³-hybridized carbons (Fsp3) is 0.429. The Morgan fingerprint density at radius 3 is 2.74 bits per heavy atom. The molecule has 0 bridgehead atoms. The van der Waals surface area contributed by atoms with Crippen LogP contribution in [0.15, 0.2) is 28.8 Å². The number of aromatic nitrogens is 2. The second kappa shape index (κ2) is 4.66. The largest absolute Gasteiger partial charge is 0.387 e. The number of nitrogens with one attached hydrogen (secondary N) is 1. The lowest BCUT2D eigenvalue weighted by Crippen LogP contribution is -2.37. The van der Waals surface area contributed by atoms with Crippen molar-refractivity contribution in [1.29, 1.82) is 0 Å². The van der Waals surface area contributed by atoms with Crippen molar-refractivity contribution < 1.29 is 9.26 Å². The van der Waals surface area contributed by atoms with E-state index < -0.39 is 0 Å². The molecule has 5 nitrogen and oxygen atoms in total. The number of para-hydroxylation sites is 1. The Kier molecular flexibility index (Phi) is 2.98. The van der Waals surface area contributed by atoms with Gasteiger partial charge in [-0.2, -0.15) is 4.98 Å². The molecular weight excluding hydrogens is 242 g/mol. The molecule has 1 saturated carbocycles. The first-order chi connectivity index (χ1) is 9.29. The van der Waals surface area contributed by atoms with Crippen LogP contribution in [-0.4, -0.2) is 24.3 Å². The van der Waals surface area contributed by atoms with Gasteiger partial charge in [0.1, 0.15) is 5.60 Å². The predicted molar refractivity (Wildman–Crippen MR) is 71.8 cm³/mol. The first kappa shape index (κ1) is 12.2. The van der Waals surface area contributed by atoms with Crippen molar-refractivity contribution in [3.05, 3.63) is 30.1 Å². The van der Waals surface area contributed by atoms with Crippen molar-refractivity contribution >= 4 is 5.69 Å². The van der Waals surface area contributed by atoms with E-state index in [2.05, 4.69) is 15.5 Å². The molecule has 100 valence electrons. The molecule has 0 unspecified atom stereocenters. The summed E-state index contributed by atoms with van der Waals surface area (Å²) in [6.45, 7) is 0. The summed E-state index contributed by atoms with van der Waals surface area (Å²) in [6, 6.07) is 7.86. The Labute approximate surface area is 112 Å². The Morgan fingerprint density at radius 1 is 1.32 bits per heavy atom. The number of benzene rings is 1. The summed E-state index contributed by atoms with van der Waals surface area (Å²) in [5, 5.41) is 7.22. The van der Waals surface area contributed by atoms with Crippen molar-refractivity contribution in [2.24, 2.45) is 0 Å². The van der Waals surface area contributed by atoms with Crippen molar-refractivity contribution in [2.75, 3.05) is 19.5 Å². The molecule has 1 aromatic carbocycles. The third-order valence-corrected chi connectivity index (χ3v) is 3.81.